The van der Waals surface area contributed by atoms with Crippen LogP contribution in [0, 0.1) is 6.92 Å². The highest BCUT2D eigenvalue weighted by molar-refractivity contribution is 5.59. The van der Waals surface area contributed by atoms with E-state index in [1.807, 2.05) is 26.8 Å². The van der Waals surface area contributed by atoms with Gasteiger partial charge in [0.1, 0.15) is 0 Å². The van der Waals surface area contributed by atoms with Gasteiger partial charge in [0.05, 0.1) is 18.9 Å². The number of morpholine rings is 1. The highest BCUT2D eigenvalue weighted by Gasteiger charge is 2.15. The van der Waals surface area contributed by atoms with Crippen LogP contribution in [0.15, 0.2) is 18.5 Å². The molecule has 118 valence electrons. The van der Waals surface area contributed by atoms with Crippen LogP contribution in [0.5, 0.6) is 0 Å². The lowest BCUT2D eigenvalue weighted by Gasteiger charge is -2.27. The van der Waals surface area contributed by atoms with Crippen LogP contribution in [-0.2, 0) is 4.74 Å². The Bertz CT molecular complexity index is 595. The summed E-state index contributed by atoms with van der Waals surface area (Å²) < 4.78 is 5.35. The minimum atomic E-state index is 0.257. The van der Waals surface area contributed by atoms with Crippen LogP contribution in [0.4, 0.5) is 11.9 Å². The van der Waals surface area contributed by atoms with Gasteiger partial charge in [-0.05, 0) is 13.0 Å². The van der Waals surface area contributed by atoms with Gasteiger partial charge in [-0.3, -0.25) is 0 Å². The molecule has 0 amide bonds. The molecule has 0 atom stereocenters. The summed E-state index contributed by atoms with van der Waals surface area (Å²) in [6, 6.07) is 1.92. The minimum absolute atomic E-state index is 0.257. The van der Waals surface area contributed by atoms with Crippen LogP contribution in [-0.4, -0.2) is 46.2 Å². The van der Waals surface area contributed by atoms with E-state index in [0.717, 1.165) is 36.0 Å². The second kappa shape index (κ2) is 7.65. The van der Waals surface area contributed by atoms with Crippen molar-refractivity contribution in [2.45, 2.75) is 20.8 Å². The number of nitrogens with zero attached hydrogens (tertiary/aromatic N) is 5. The summed E-state index contributed by atoms with van der Waals surface area (Å²) in [5, 5.41) is 0. The molecule has 7 nitrogen and oxygen atoms in total. The summed E-state index contributed by atoms with van der Waals surface area (Å²) in [6.07, 6.45) is 3.35. The molecule has 1 fully saturated rings. The van der Waals surface area contributed by atoms with Gasteiger partial charge in [-0.1, -0.05) is 13.8 Å². The van der Waals surface area contributed by atoms with E-state index in [1.54, 1.807) is 12.4 Å². The predicted octanol–water partition coefficient (Wildman–Crippen LogP) is 1.69. The molecule has 7 heteroatoms. The lowest BCUT2D eigenvalue weighted by atomic mass is 10.2. The van der Waals surface area contributed by atoms with Gasteiger partial charge in [0.25, 0.3) is 0 Å². The van der Waals surface area contributed by atoms with Gasteiger partial charge in [-0.25, -0.2) is 19.9 Å². The molecule has 3 heterocycles. The van der Waals surface area contributed by atoms with Crippen LogP contribution in [0.1, 0.15) is 19.5 Å². The van der Waals surface area contributed by atoms with Gasteiger partial charge in [0, 0.05) is 36.7 Å². The zero-order valence-electron chi connectivity index (χ0n) is 13.3. The summed E-state index contributed by atoms with van der Waals surface area (Å²) >= 11 is 0. The number of hydrogen-bond donors (Lipinski definition) is 1. The van der Waals surface area contributed by atoms with Crippen LogP contribution in [0.25, 0.3) is 11.3 Å². The molecular weight excluding hydrogens is 280 g/mol. The first-order valence-electron chi connectivity index (χ1n) is 7.48. The molecule has 1 aliphatic heterocycles. The van der Waals surface area contributed by atoms with Crippen molar-refractivity contribution < 1.29 is 4.74 Å². The second-order valence-electron chi connectivity index (χ2n) is 4.62. The molecule has 0 radical (unpaired) electrons. The molecule has 0 aromatic carbocycles. The summed E-state index contributed by atoms with van der Waals surface area (Å²) in [5.74, 6) is 0.980. The summed E-state index contributed by atoms with van der Waals surface area (Å²) in [5.41, 5.74) is 8.05. The fraction of sp³-hybridized carbons (Fsp3) is 0.467. The summed E-state index contributed by atoms with van der Waals surface area (Å²) in [6.45, 7) is 8.98. The quantitative estimate of drug-likeness (QED) is 0.902. The SMILES string of the molecule is CC.Cc1cc(-c2cnc(N)nc2)nc(N2CCOCC2)n1. The second-order valence-corrected chi connectivity index (χ2v) is 4.62. The minimum Gasteiger partial charge on any atom is -0.378 e. The number of ether oxygens (including phenoxy) is 1. The van der Waals surface area contributed by atoms with Gasteiger partial charge in [-0.15, -0.1) is 0 Å². The predicted molar refractivity (Wildman–Crippen MR) is 86.6 cm³/mol. The monoisotopic (exact) mass is 302 g/mol. The van der Waals surface area contributed by atoms with E-state index in [9.17, 15) is 0 Å². The molecular formula is C15H22N6O. The van der Waals surface area contributed by atoms with Gasteiger partial charge in [0.2, 0.25) is 11.9 Å². The zero-order chi connectivity index (χ0) is 15.9. The van der Waals surface area contributed by atoms with E-state index < -0.39 is 0 Å². The Kier molecular flexibility index (Phi) is 5.60. The Morgan fingerprint density at radius 2 is 1.73 bits per heavy atom. The van der Waals surface area contributed by atoms with E-state index in [4.69, 9.17) is 10.5 Å². The van der Waals surface area contributed by atoms with Crippen LogP contribution in [0.3, 0.4) is 0 Å². The van der Waals surface area contributed by atoms with Crippen molar-refractivity contribution in [1.82, 2.24) is 19.9 Å². The van der Waals surface area contributed by atoms with E-state index in [0.29, 0.717) is 13.2 Å². The average molecular weight is 302 g/mol. The maximum atomic E-state index is 5.50. The highest BCUT2D eigenvalue weighted by Crippen LogP contribution is 2.20. The Morgan fingerprint density at radius 1 is 1.09 bits per heavy atom. The molecule has 0 unspecified atom stereocenters. The molecule has 0 saturated carbocycles. The standard InChI is InChI=1S/C13H16N6O.C2H6/c1-9-6-11(10-7-15-12(14)16-8-10)18-13(17-9)19-2-4-20-5-3-19;1-2/h6-8H,2-5H2,1H3,(H2,14,15,16);1-2H3. The van der Waals surface area contributed by atoms with Gasteiger partial charge in [-0.2, -0.15) is 0 Å². The normalized spacial score (nSPS) is 14.2. The number of anilines is 2. The third kappa shape index (κ3) is 3.88. The van der Waals surface area contributed by atoms with E-state index >= 15 is 0 Å². The number of aromatic nitrogens is 4. The van der Waals surface area contributed by atoms with Crippen molar-refractivity contribution in [3.8, 4) is 11.3 Å². The lowest BCUT2D eigenvalue weighted by Crippen LogP contribution is -2.37. The fourth-order valence-electron chi connectivity index (χ4n) is 2.08. The van der Waals surface area contributed by atoms with E-state index in [1.165, 1.54) is 0 Å². The van der Waals surface area contributed by atoms with Crippen LogP contribution < -0.4 is 10.6 Å². The highest BCUT2D eigenvalue weighted by atomic mass is 16.5. The third-order valence-electron chi connectivity index (χ3n) is 3.10. The summed E-state index contributed by atoms with van der Waals surface area (Å²) in [4.78, 5) is 19.2. The molecule has 3 rings (SSSR count). The Hall–Kier alpha value is -2.28. The van der Waals surface area contributed by atoms with Crippen molar-refractivity contribution in [3.63, 3.8) is 0 Å². The van der Waals surface area contributed by atoms with Gasteiger partial charge < -0.3 is 15.4 Å². The largest absolute Gasteiger partial charge is 0.378 e. The van der Waals surface area contributed by atoms with Gasteiger partial charge in [0.15, 0.2) is 0 Å². The van der Waals surface area contributed by atoms with Crippen molar-refractivity contribution in [3.05, 3.63) is 24.2 Å². The first-order valence-corrected chi connectivity index (χ1v) is 7.48. The molecule has 0 bridgehead atoms. The van der Waals surface area contributed by atoms with E-state index in [2.05, 4.69) is 24.8 Å². The molecule has 1 aliphatic rings. The smallest absolute Gasteiger partial charge is 0.226 e. The van der Waals surface area contributed by atoms with Gasteiger partial charge >= 0.3 is 0 Å². The Morgan fingerprint density at radius 3 is 2.36 bits per heavy atom. The maximum Gasteiger partial charge on any atom is 0.226 e. The Labute approximate surface area is 130 Å². The molecule has 1 saturated heterocycles. The molecule has 0 spiro atoms. The first-order chi connectivity index (χ1) is 10.7. The molecule has 0 aliphatic carbocycles. The number of nitrogen functional groups attached to an aromatic ring is 1. The molecule has 2 N–H and O–H groups in total. The number of nitrogens with two attached hydrogens (primary N) is 1. The van der Waals surface area contributed by atoms with E-state index in [-0.39, 0.29) is 5.95 Å². The zero-order valence-corrected chi connectivity index (χ0v) is 13.3. The number of hydrogen-bond acceptors (Lipinski definition) is 7. The lowest BCUT2D eigenvalue weighted by molar-refractivity contribution is 0.122. The van der Waals surface area contributed by atoms with Crippen molar-refractivity contribution in [2.75, 3.05) is 36.9 Å². The van der Waals surface area contributed by atoms with Crippen molar-refractivity contribution in [2.24, 2.45) is 0 Å². The van der Waals surface area contributed by atoms with Crippen LogP contribution >= 0.6 is 0 Å². The fourth-order valence-corrected chi connectivity index (χ4v) is 2.08. The average Bonchev–Trinajstić information content (AvgIpc) is 2.57. The molecule has 2 aromatic rings. The van der Waals surface area contributed by atoms with Crippen molar-refractivity contribution in [1.29, 1.82) is 0 Å². The summed E-state index contributed by atoms with van der Waals surface area (Å²) in [7, 11) is 0. The first kappa shape index (κ1) is 16.1. The van der Waals surface area contributed by atoms with Crippen LogP contribution in [0.2, 0.25) is 0 Å². The number of rotatable bonds is 2. The maximum absolute atomic E-state index is 5.50. The Balaban J connectivity index is 0.000000847. The third-order valence-corrected chi connectivity index (χ3v) is 3.10. The molecule has 22 heavy (non-hydrogen) atoms. The molecule has 2 aromatic heterocycles. The van der Waals surface area contributed by atoms with Crippen molar-refractivity contribution >= 4 is 11.9 Å². The number of aryl methyl sites for hydroxylation is 1. The topological polar surface area (TPSA) is 90.0 Å².